The predicted octanol–water partition coefficient (Wildman–Crippen LogP) is 3.91. The van der Waals surface area contributed by atoms with Gasteiger partial charge >= 0.3 is 5.97 Å². The van der Waals surface area contributed by atoms with Gasteiger partial charge in [-0.05, 0) is 13.3 Å². The molecule has 138 valence electrons. The first-order valence-corrected chi connectivity index (χ1v) is 9.53. The van der Waals surface area contributed by atoms with E-state index in [9.17, 15) is 9.90 Å². The predicted molar refractivity (Wildman–Crippen MR) is 96.3 cm³/mol. The summed E-state index contributed by atoms with van der Waals surface area (Å²) in [4.78, 5) is 11.8. The molecule has 4 nitrogen and oxygen atoms in total. The van der Waals surface area contributed by atoms with Crippen molar-refractivity contribution in [2.45, 2.75) is 84.2 Å². The van der Waals surface area contributed by atoms with Crippen LogP contribution in [0.3, 0.4) is 0 Å². The quantitative estimate of drug-likeness (QED) is 0.281. The maximum Gasteiger partial charge on any atom is 0.361 e. The molecule has 0 amide bonds. The van der Waals surface area contributed by atoms with E-state index in [1.807, 2.05) is 14.1 Å². The van der Waals surface area contributed by atoms with Crippen LogP contribution in [0.5, 0.6) is 0 Å². The summed E-state index contributed by atoms with van der Waals surface area (Å²) >= 11 is 0. The molecule has 0 spiro atoms. The Labute approximate surface area is 143 Å². The van der Waals surface area contributed by atoms with Gasteiger partial charge in [-0.15, -0.1) is 0 Å². The van der Waals surface area contributed by atoms with Crippen LogP contribution in [-0.2, 0) is 9.53 Å². The molecule has 4 heteroatoms. The first-order chi connectivity index (χ1) is 10.9. The Kier molecular flexibility index (Phi) is 13.4. The molecule has 1 N–H and O–H groups in total. The van der Waals surface area contributed by atoms with Gasteiger partial charge in [-0.25, -0.2) is 4.79 Å². The summed E-state index contributed by atoms with van der Waals surface area (Å²) in [5.41, 5.74) is 0. The van der Waals surface area contributed by atoms with Gasteiger partial charge in [-0.1, -0.05) is 64.7 Å². The number of nitrogens with zero attached hydrogens (tertiary/aromatic N) is 1. The SMILES string of the molecule is CCCCCCCCCCCCOC(=O)C[N+](C)(C)CC(C)O. The molecule has 0 aliphatic rings. The van der Waals surface area contributed by atoms with Crippen LogP contribution in [0.4, 0.5) is 0 Å². The number of hydrogen-bond donors (Lipinski definition) is 1. The van der Waals surface area contributed by atoms with Crippen molar-refractivity contribution < 1.29 is 19.1 Å². The third-order valence-electron chi connectivity index (χ3n) is 4.08. The molecular formula is C19H40NO3+. The van der Waals surface area contributed by atoms with Gasteiger partial charge in [0, 0.05) is 0 Å². The number of carbonyl (C=O) groups excluding carboxylic acids is 1. The highest BCUT2D eigenvalue weighted by atomic mass is 16.5. The summed E-state index contributed by atoms with van der Waals surface area (Å²) in [6.07, 6.45) is 12.4. The lowest BCUT2D eigenvalue weighted by atomic mass is 10.1. The Morgan fingerprint density at radius 1 is 0.957 bits per heavy atom. The van der Waals surface area contributed by atoms with E-state index in [1.54, 1.807) is 6.92 Å². The van der Waals surface area contributed by atoms with Crippen LogP contribution in [0.15, 0.2) is 0 Å². The zero-order valence-corrected chi connectivity index (χ0v) is 16.0. The second-order valence-corrected chi connectivity index (χ2v) is 7.53. The van der Waals surface area contributed by atoms with Gasteiger partial charge in [0.05, 0.1) is 20.7 Å². The number of rotatable bonds is 15. The highest BCUT2D eigenvalue weighted by molar-refractivity contribution is 5.70. The monoisotopic (exact) mass is 330 g/mol. The van der Waals surface area contributed by atoms with Gasteiger partial charge in [0.15, 0.2) is 6.54 Å². The maximum atomic E-state index is 11.8. The van der Waals surface area contributed by atoms with E-state index in [4.69, 9.17) is 4.74 Å². The van der Waals surface area contributed by atoms with Crippen molar-refractivity contribution in [2.24, 2.45) is 0 Å². The van der Waals surface area contributed by atoms with Crippen LogP contribution >= 0.6 is 0 Å². The Morgan fingerprint density at radius 2 is 1.43 bits per heavy atom. The fourth-order valence-electron chi connectivity index (χ4n) is 2.95. The molecule has 0 aromatic heterocycles. The molecule has 0 radical (unpaired) electrons. The van der Waals surface area contributed by atoms with Crippen LogP contribution in [0, 0.1) is 0 Å². The normalized spacial score (nSPS) is 13.1. The van der Waals surface area contributed by atoms with Crippen molar-refractivity contribution in [1.82, 2.24) is 0 Å². The van der Waals surface area contributed by atoms with Crippen LogP contribution in [0.2, 0.25) is 0 Å². The lowest BCUT2D eigenvalue weighted by Crippen LogP contribution is -2.48. The number of unbranched alkanes of at least 4 members (excludes halogenated alkanes) is 9. The Balaban J connectivity index is 3.42. The Bertz CT molecular complexity index is 290. The van der Waals surface area contributed by atoms with Gasteiger partial charge in [0.25, 0.3) is 0 Å². The van der Waals surface area contributed by atoms with E-state index >= 15 is 0 Å². The third-order valence-corrected chi connectivity index (χ3v) is 4.08. The van der Waals surface area contributed by atoms with Crippen LogP contribution < -0.4 is 0 Å². The molecule has 0 heterocycles. The minimum atomic E-state index is -0.403. The smallest absolute Gasteiger partial charge is 0.361 e. The minimum Gasteiger partial charge on any atom is -0.462 e. The average molecular weight is 331 g/mol. The summed E-state index contributed by atoms with van der Waals surface area (Å²) in [5, 5.41) is 9.41. The highest BCUT2D eigenvalue weighted by Crippen LogP contribution is 2.10. The van der Waals surface area contributed by atoms with Gasteiger partial charge in [0.2, 0.25) is 0 Å². The second-order valence-electron chi connectivity index (χ2n) is 7.53. The first-order valence-electron chi connectivity index (χ1n) is 9.53. The lowest BCUT2D eigenvalue weighted by molar-refractivity contribution is -0.886. The van der Waals surface area contributed by atoms with Crippen molar-refractivity contribution in [3.8, 4) is 0 Å². The largest absolute Gasteiger partial charge is 0.462 e. The zero-order chi connectivity index (χ0) is 17.6. The third kappa shape index (κ3) is 16.0. The summed E-state index contributed by atoms with van der Waals surface area (Å²) in [6.45, 7) is 5.41. The molecule has 0 aliphatic heterocycles. The molecule has 1 atom stereocenters. The van der Waals surface area contributed by atoms with Gasteiger partial charge in [0.1, 0.15) is 12.6 Å². The number of carbonyl (C=O) groups is 1. The van der Waals surface area contributed by atoms with Gasteiger partial charge < -0.3 is 14.3 Å². The van der Waals surface area contributed by atoms with Crippen molar-refractivity contribution >= 4 is 5.97 Å². The minimum absolute atomic E-state index is 0.161. The van der Waals surface area contributed by atoms with Crippen LogP contribution in [0.25, 0.3) is 0 Å². The lowest BCUT2D eigenvalue weighted by Gasteiger charge is -2.29. The molecule has 0 saturated carbocycles. The average Bonchev–Trinajstić information content (AvgIpc) is 2.42. The first kappa shape index (κ1) is 22.4. The van der Waals surface area contributed by atoms with Crippen molar-refractivity contribution in [3.63, 3.8) is 0 Å². The maximum absolute atomic E-state index is 11.8. The number of aliphatic hydroxyl groups is 1. The van der Waals surface area contributed by atoms with E-state index in [-0.39, 0.29) is 5.97 Å². The standard InChI is InChI=1S/C19H40NO3/c1-5-6-7-8-9-10-11-12-13-14-15-23-19(22)17-20(3,4)16-18(2)21/h18,21H,5-17H2,1-4H3/q+1. The number of ether oxygens (including phenoxy) is 1. The molecule has 1 unspecified atom stereocenters. The molecule has 0 fully saturated rings. The summed E-state index contributed by atoms with van der Waals surface area (Å²) < 4.78 is 5.76. The highest BCUT2D eigenvalue weighted by Gasteiger charge is 2.22. The number of hydrogen-bond acceptors (Lipinski definition) is 3. The molecular weight excluding hydrogens is 290 g/mol. The number of aliphatic hydroxyl groups excluding tert-OH is 1. The second kappa shape index (κ2) is 13.8. The molecule has 0 aromatic carbocycles. The van der Waals surface area contributed by atoms with E-state index < -0.39 is 6.10 Å². The fraction of sp³-hybridized carbons (Fsp3) is 0.947. The van der Waals surface area contributed by atoms with Gasteiger partial charge in [-0.2, -0.15) is 0 Å². The van der Waals surface area contributed by atoms with Gasteiger partial charge in [-0.3, -0.25) is 0 Å². The molecule has 0 saturated heterocycles. The van der Waals surface area contributed by atoms with Crippen molar-refractivity contribution in [2.75, 3.05) is 33.8 Å². The molecule has 0 bridgehead atoms. The summed E-state index contributed by atoms with van der Waals surface area (Å²) in [5.74, 6) is -0.161. The Hall–Kier alpha value is -0.610. The number of quaternary nitrogens is 1. The molecule has 23 heavy (non-hydrogen) atoms. The molecule has 0 aromatic rings. The van der Waals surface area contributed by atoms with E-state index in [0.29, 0.717) is 24.2 Å². The summed E-state index contributed by atoms with van der Waals surface area (Å²) in [7, 11) is 3.88. The van der Waals surface area contributed by atoms with E-state index in [2.05, 4.69) is 6.92 Å². The van der Waals surface area contributed by atoms with Crippen LogP contribution in [0.1, 0.15) is 78.1 Å². The van der Waals surface area contributed by atoms with Crippen LogP contribution in [-0.4, -0.2) is 55.5 Å². The number of likely N-dealkylation sites (N-methyl/N-ethyl adjacent to an activating group) is 1. The van der Waals surface area contributed by atoms with E-state index in [0.717, 1.165) is 12.8 Å². The topological polar surface area (TPSA) is 46.5 Å². The van der Waals surface area contributed by atoms with Crippen molar-refractivity contribution in [1.29, 1.82) is 0 Å². The summed E-state index contributed by atoms with van der Waals surface area (Å²) in [6, 6.07) is 0. The Morgan fingerprint density at radius 3 is 1.91 bits per heavy atom. The zero-order valence-electron chi connectivity index (χ0n) is 16.0. The van der Waals surface area contributed by atoms with Crippen molar-refractivity contribution in [3.05, 3.63) is 0 Å². The molecule has 0 aliphatic carbocycles. The molecule has 0 rings (SSSR count). The fourth-order valence-corrected chi connectivity index (χ4v) is 2.95. The number of esters is 1. The van der Waals surface area contributed by atoms with E-state index in [1.165, 1.54) is 51.4 Å².